The van der Waals surface area contributed by atoms with E-state index in [1.54, 1.807) is 19.3 Å². The van der Waals surface area contributed by atoms with Crippen molar-refractivity contribution in [2.75, 3.05) is 18.8 Å². The molecule has 3 N–H and O–H groups in total. The topological polar surface area (TPSA) is 127 Å². The van der Waals surface area contributed by atoms with Crippen molar-refractivity contribution in [1.82, 2.24) is 34.8 Å². The summed E-state index contributed by atoms with van der Waals surface area (Å²) < 4.78 is 13.5. The van der Waals surface area contributed by atoms with Crippen LogP contribution in [0.15, 0.2) is 12.4 Å². The molecule has 146 valence electrons. The summed E-state index contributed by atoms with van der Waals surface area (Å²) >= 11 is 0. The first-order chi connectivity index (χ1) is 13.5. The highest BCUT2D eigenvalue weighted by Crippen LogP contribution is 2.27. The van der Waals surface area contributed by atoms with Crippen molar-refractivity contribution in [1.29, 1.82) is 0 Å². The van der Waals surface area contributed by atoms with Crippen molar-refractivity contribution in [2.24, 2.45) is 0 Å². The monoisotopic (exact) mass is 384 g/mol. The van der Waals surface area contributed by atoms with Gasteiger partial charge in [0, 0.05) is 18.9 Å². The Hall–Kier alpha value is -3.17. The number of aryl methyl sites for hydroxylation is 1. The third kappa shape index (κ3) is 3.25. The lowest BCUT2D eigenvalue weighted by molar-refractivity contribution is -0.132. The third-order valence-electron chi connectivity index (χ3n) is 4.91. The number of nitrogens with one attached hydrogen (secondary N) is 1. The number of carbonyl (C=O) groups excluding carboxylic acids is 1. The zero-order valence-electron chi connectivity index (χ0n) is 15.7. The molecular formula is C18H21FN8O. The average Bonchev–Trinajstić information content (AvgIpc) is 3.29. The number of anilines is 1. The number of fused-ring (bicyclic) bond motifs is 1. The van der Waals surface area contributed by atoms with Crippen molar-refractivity contribution < 1.29 is 9.18 Å². The molecule has 0 bridgehead atoms. The Morgan fingerprint density at radius 3 is 2.75 bits per heavy atom. The van der Waals surface area contributed by atoms with Crippen LogP contribution in [-0.4, -0.2) is 60.0 Å². The van der Waals surface area contributed by atoms with Crippen molar-refractivity contribution in [3.63, 3.8) is 0 Å². The number of amides is 1. The van der Waals surface area contributed by atoms with Gasteiger partial charge in [-0.05, 0) is 19.8 Å². The predicted octanol–water partition coefficient (Wildman–Crippen LogP) is 1.76. The summed E-state index contributed by atoms with van der Waals surface area (Å²) in [6.45, 7) is 4.20. The second-order valence-corrected chi connectivity index (χ2v) is 6.90. The molecular weight excluding hydrogens is 363 g/mol. The maximum atomic E-state index is 13.5. The number of H-pyrrole nitrogens is 1. The molecule has 0 aromatic carbocycles. The van der Waals surface area contributed by atoms with E-state index in [9.17, 15) is 9.18 Å². The third-order valence-corrected chi connectivity index (χ3v) is 4.91. The summed E-state index contributed by atoms with van der Waals surface area (Å²) in [5.41, 5.74) is 7.66. The van der Waals surface area contributed by atoms with E-state index in [-0.39, 0.29) is 18.3 Å². The number of nitrogen functional groups attached to an aromatic ring is 1. The molecule has 0 aliphatic carbocycles. The molecule has 9 nitrogen and oxygen atoms in total. The molecule has 0 unspecified atom stereocenters. The normalized spacial score (nSPS) is 18.0. The van der Waals surface area contributed by atoms with E-state index in [1.807, 2.05) is 6.92 Å². The van der Waals surface area contributed by atoms with Gasteiger partial charge in [0.1, 0.15) is 29.2 Å². The van der Waals surface area contributed by atoms with Gasteiger partial charge in [0.05, 0.1) is 18.0 Å². The fraction of sp³-hybridized carbons (Fsp3) is 0.444. The largest absolute Gasteiger partial charge is 0.382 e. The maximum Gasteiger partial charge on any atom is 0.233 e. The Kier molecular flexibility index (Phi) is 4.62. The highest BCUT2D eigenvalue weighted by molar-refractivity contribution is 5.87. The van der Waals surface area contributed by atoms with Gasteiger partial charge >= 0.3 is 0 Å². The van der Waals surface area contributed by atoms with Crippen LogP contribution in [0.2, 0.25) is 0 Å². The summed E-state index contributed by atoms with van der Waals surface area (Å²) in [5.74, 6) is 0.931. The number of hydrogen-bond acceptors (Lipinski definition) is 7. The van der Waals surface area contributed by atoms with Crippen LogP contribution in [0.5, 0.6) is 0 Å². The van der Waals surface area contributed by atoms with E-state index >= 15 is 0 Å². The molecule has 4 heterocycles. The minimum atomic E-state index is -0.972. The number of halogens is 1. The first kappa shape index (κ1) is 18.2. The highest BCUT2D eigenvalue weighted by atomic mass is 19.1. The maximum absolute atomic E-state index is 13.5. The molecule has 2 atom stereocenters. The van der Waals surface area contributed by atoms with Crippen molar-refractivity contribution >= 4 is 22.9 Å². The molecule has 0 saturated carbocycles. The van der Waals surface area contributed by atoms with Crippen LogP contribution in [0.25, 0.3) is 22.6 Å². The molecule has 1 aliphatic heterocycles. The van der Waals surface area contributed by atoms with Gasteiger partial charge in [-0.3, -0.25) is 4.79 Å². The summed E-state index contributed by atoms with van der Waals surface area (Å²) in [7, 11) is 0. The Morgan fingerprint density at radius 2 is 2.11 bits per heavy atom. The van der Waals surface area contributed by atoms with Crippen LogP contribution in [0.3, 0.4) is 0 Å². The minimum absolute atomic E-state index is 0.118. The molecule has 3 aromatic heterocycles. The average molecular weight is 384 g/mol. The van der Waals surface area contributed by atoms with Gasteiger partial charge < -0.3 is 15.6 Å². The number of aromatic nitrogens is 6. The molecule has 0 radical (unpaired) electrons. The van der Waals surface area contributed by atoms with Gasteiger partial charge in [-0.2, -0.15) is 0 Å². The summed E-state index contributed by atoms with van der Waals surface area (Å²) in [6.07, 6.45) is 3.19. The quantitative estimate of drug-likeness (QED) is 0.702. The number of nitrogens with two attached hydrogens (primary N) is 1. The molecule has 28 heavy (non-hydrogen) atoms. The van der Waals surface area contributed by atoms with Gasteiger partial charge in [-0.15, -0.1) is 0 Å². The zero-order valence-corrected chi connectivity index (χ0v) is 15.7. The van der Waals surface area contributed by atoms with Gasteiger partial charge in [0.15, 0.2) is 11.5 Å². The molecule has 1 aliphatic rings. The molecule has 4 rings (SSSR count). The lowest BCUT2D eigenvalue weighted by Crippen LogP contribution is -2.34. The van der Waals surface area contributed by atoms with Gasteiger partial charge in [0.25, 0.3) is 0 Å². The summed E-state index contributed by atoms with van der Waals surface area (Å²) in [6, 6.07) is 0. The smallest absolute Gasteiger partial charge is 0.233 e. The summed E-state index contributed by atoms with van der Waals surface area (Å²) in [5, 5.41) is 0. The number of likely N-dealkylation sites (tertiary alicyclic amines) is 1. The fourth-order valence-electron chi connectivity index (χ4n) is 3.35. The van der Waals surface area contributed by atoms with Crippen molar-refractivity contribution in [2.45, 2.75) is 38.8 Å². The second kappa shape index (κ2) is 7.10. The number of carbonyl (C=O) groups is 1. The fourth-order valence-corrected chi connectivity index (χ4v) is 3.35. The van der Waals surface area contributed by atoms with Crippen LogP contribution in [0, 0.1) is 6.92 Å². The highest BCUT2D eigenvalue weighted by Gasteiger charge is 2.32. The predicted molar refractivity (Wildman–Crippen MR) is 101 cm³/mol. The Morgan fingerprint density at radius 1 is 1.36 bits per heavy atom. The Labute approximate surface area is 160 Å². The lowest BCUT2D eigenvalue weighted by Gasteiger charge is -2.21. The molecule has 10 heteroatoms. The molecule has 1 amide bonds. The van der Waals surface area contributed by atoms with Crippen LogP contribution < -0.4 is 5.73 Å². The van der Waals surface area contributed by atoms with Crippen molar-refractivity contribution in [3.05, 3.63) is 24.0 Å². The van der Waals surface area contributed by atoms with Crippen LogP contribution in [0.1, 0.15) is 37.3 Å². The number of imidazole rings is 1. The first-order valence-corrected chi connectivity index (χ1v) is 9.21. The number of hydrogen-bond donors (Lipinski definition) is 2. The standard InChI is InChI=1S/C18H21FN8O/c1-3-12(18(28)27-5-4-11(19)8-27)16-24-14(20)13-17(26-16)25-15(23-13)10-6-21-9(2)22-7-10/h6-7,11-12H,3-5,8H2,1-2H3,(H3,20,23,24,25,26)/t11-,12+/m0/s1. The minimum Gasteiger partial charge on any atom is -0.382 e. The number of rotatable bonds is 4. The molecule has 1 saturated heterocycles. The van der Waals surface area contributed by atoms with Crippen LogP contribution in [0.4, 0.5) is 10.2 Å². The van der Waals surface area contributed by atoms with Crippen LogP contribution in [-0.2, 0) is 4.79 Å². The number of nitrogens with zero attached hydrogens (tertiary/aromatic N) is 6. The molecule has 1 fully saturated rings. The van der Waals surface area contributed by atoms with E-state index in [4.69, 9.17) is 5.73 Å². The zero-order chi connectivity index (χ0) is 19.8. The lowest BCUT2D eigenvalue weighted by atomic mass is 10.0. The van der Waals surface area contributed by atoms with E-state index < -0.39 is 12.1 Å². The van der Waals surface area contributed by atoms with Crippen LogP contribution >= 0.6 is 0 Å². The summed E-state index contributed by atoms with van der Waals surface area (Å²) in [4.78, 5) is 39.0. The van der Waals surface area contributed by atoms with E-state index in [0.29, 0.717) is 53.6 Å². The van der Waals surface area contributed by atoms with Gasteiger partial charge in [-0.25, -0.2) is 29.3 Å². The number of aromatic amines is 1. The number of alkyl halides is 1. The molecule has 0 spiro atoms. The van der Waals surface area contributed by atoms with Gasteiger partial charge in [-0.1, -0.05) is 6.92 Å². The Balaban J connectivity index is 1.69. The SMILES string of the molecule is CC[C@@H](C(=O)N1CC[C@H](F)C1)c1nc(N)c2[nH]c(-c3cnc(C)nc3)nc2n1. The van der Waals surface area contributed by atoms with Crippen molar-refractivity contribution in [3.8, 4) is 11.4 Å². The second-order valence-electron chi connectivity index (χ2n) is 6.90. The Bertz CT molecular complexity index is 1020. The van der Waals surface area contributed by atoms with E-state index in [1.165, 1.54) is 4.90 Å². The molecule has 3 aromatic rings. The van der Waals surface area contributed by atoms with Gasteiger partial charge in [0.2, 0.25) is 5.91 Å². The first-order valence-electron chi connectivity index (χ1n) is 9.21. The van der Waals surface area contributed by atoms with E-state index in [2.05, 4.69) is 29.9 Å². The van der Waals surface area contributed by atoms with E-state index in [0.717, 1.165) is 0 Å².